The van der Waals surface area contributed by atoms with Gasteiger partial charge in [0.15, 0.2) is 0 Å². The van der Waals surface area contributed by atoms with Crippen molar-refractivity contribution in [2.75, 3.05) is 11.9 Å². The number of amides is 3. The Bertz CT molecular complexity index is 1060. The van der Waals surface area contributed by atoms with Crippen LogP contribution in [0.4, 0.5) is 16.2 Å². The largest absolute Gasteiger partial charge is 0.502 e. The van der Waals surface area contributed by atoms with Crippen molar-refractivity contribution in [2.24, 2.45) is 0 Å². The summed E-state index contributed by atoms with van der Waals surface area (Å²) in [6, 6.07) is 11.0. The maximum atomic E-state index is 12.5. The number of nitrogens with one attached hydrogen (secondary N) is 1. The van der Waals surface area contributed by atoms with Gasteiger partial charge in [0, 0.05) is 21.8 Å². The van der Waals surface area contributed by atoms with Gasteiger partial charge in [0.2, 0.25) is 11.7 Å². The number of aromatic hydroxyl groups is 1. The van der Waals surface area contributed by atoms with Crippen molar-refractivity contribution >= 4 is 62.2 Å². The third-order valence-corrected chi connectivity index (χ3v) is 5.17. The van der Waals surface area contributed by atoms with Crippen LogP contribution in [0.2, 0.25) is 0 Å². The zero-order valence-corrected chi connectivity index (χ0v) is 16.9. The third-order valence-electron chi connectivity index (χ3n) is 3.80. The Morgan fingerprint density at radius 1 is 1.28 bits per heavy atom. The number of nitro groups is 1. The van der Waals surface area contributed by atoms with Gasteiger partial charge in [0.1, 0.15) is 6.54 Å². The number of benzene rings is 2. The minimum atomic E-state index is -0.767. The average molecular weight is 478 g/mol. The van der Waals surface area contributed by atoms with E-state index in [0.717, 1.165) is 11.0 Å². The summed E-state index contributed by atoms with van der Waals surface area (Å²) in [5.41, 5.74) is -0.0382. The second kappa shape index (κ2) is 8.45. The molecule has 3 amide bonds. The van der Waals surface area contributed by atoms with Gasteiger partial charge < -0.3 is 10.4 Å². The number of para-hydroxylation sites is 1. The number of thioether (sulfide) groups is 1. The van der Waals surface area contributed by atoms with Gasteiger partial charge in [-0.3, -0.25) is 29.4 Å². The Balaban J connectivity index is 1.80. The number of carbonyl (C=O) groups excluding carboxylic acids is 3. The summed E-state index contributed by atoms with van der Waals surface area (Å²) in [6.07, 6.45) is 1.17. The quantitative estimate of drug-likeness (QED) is 0.381. The molecule has 0 atom stereocenters. The van der Waals surface area contributed by atoms with Crippen molar-refractivity contribution in [3.63, 3.8) is 0 Å². The fourth-order valence-corrected chi connectivity index (χ4v) is 3.79. The van der Waals surface area contributed by atoms with Crippen LogP contribution in [-0.4, -0.2) is 38.5 Å². The highest BCUT2D eigenvalue weighted by Crippen LogP contribution is 2.38. The van der Waals surface area contributed by atoms with Crippen LogP contribution >= 0.6 is 27.7 Å². The number of nitrogens with zero attached hydrogens (tertiary/aromatic N) is 2. The molecule has 2 aromatic rings. The second-order valence-electron chi connectivity index (χ2n) is 5.80. The average Bonchev–Trinajstić information content (AvgIpc) is 2.92. The monoisotopic (exact) mass is 477 g/mol. The highest BCUT2D eigenvalue weighted by molar-refractivity contribution is 9.10. The van der Waals surface area contributed by atoms with E-state index in [-0.39, 0.29) is 10.5 Å². The molecule has 1 aliphatic rings. The van der Waals surface area contributed by atoms with Gasteiger partial charge >= 0.3 is 5.69 Å². The standard InChI is InChI=1S/C18H12BrN3O6S/c19-11-6-10(16(24)13(8-11)22(27)28)7-14-17(25)21(18(26)29-14)9-15(23)20-12-4-2-1-3-5-12/h1-8,24H,9H2,(H,20,23)/b14-7-. The summed E-state index contributed by atoms with van der Waals surface area (Å²) in [4.78, 5) is 47.8. The fourth-order valence-electron chi connectivity index (χ4n) is 2.50. The van der Waals surface area contributed by atoms with Crippen LogP contribution in [0, 0.1) is 10.1 Å². The zero-order valence-electron chi connectivity index (χ0n) is 14.5. The summed E-state index contributed by atoms with van der Waals surface area (Å²) in [5, 5.41) is 23.0. The molecule has 0 aliphatic carbocycles. The van der Waals surface area contributed by atoms with Gasteiger partial charge in [-0.25, -0.2) is 0 Å². The predicted octanol–water partition coefficient (Wildman–Crippen LogP) is 3.74. The molecule has 2 N–H and O–H groups in total. The lowest BCUT2D eigenvalue weighted by Crippen LogP contribution is -2.36. The number of imide groups is 1. The second-order valence-corrected chi connectivity index (χ2v) is 7.71. The first-order valence-corrected chi connectivity index (χ1v) is 9.64. The first kappa shape index (κ1) is 20.6. The van der Waals surface area contributed by atoms with E-state index in [1.165, 1.54) is 12.1 Å². The normalized spacial score (nSPS) is 15.1. The molecule has 1 aliphatic heterocycles. The van der Waals surface area contributed by atoms with Crippen LogP contribution in [0.15, 0.2) is 51.8 Å². The van der Waals surface area contributed by atoms with E-state index in [1.54, 1.807) is 30.3 Å². The Morgan fingerprint density at radius 3 is 2.62 bits per heavy atom. The molecule has 2 aromatic carbocycles. The van der Waals surface area contributed by atoms with E-state index in [2.05, 4.69) is 21.2 Å². The number of rotatable bonds is 5. The van der Waals surface area contributed by atoms with E-state index in [1.807, 2.05) is 0 Å². The number of anilines is 1. The molecule has 1 fully saturated rings. The van der Waals surface area contributed by atoms with Gasteiger partial charge in [-0.2, -0.15) is 0 Å². The molecule has 0 unspecified atom stereocenters. The van der Waals surface area contributed by atoms with Crippen molar-refractivity contribution in [3.05, 3.63) is 67.5 Å². The number of nitro benzene ring substituents is 1. The molecular weight excluding hydrogens is 466 g/mol. The van der Waals surface area contributed by atoms with Gasteiger partial charge in [0.25, 0.3) is 11.1 Å². The Hall–Kier alpha value is -3.18. The summed E-state index contributed by atoms with van der Waals surface area (Å²) in [6.45, 7) is -0.485. The smallest absolute Gasteiger partial charge is 0.312 e. The Morgan fingerprint density at radius 2 is 1.97 bits per heavy atom. The van der Waals surface area contributed by atoms with Crippen LogP contribution in [0.1, 0.15) is 5.56 Å². The van der Waals surface area contributed by atoms with E-state index >= 15 is 0 Å². The van der Waals surface area contributed by atoms with E-state index in [9.17, 15) is 29.6 Å². The summed E-state index contributed by atoms with van der Waals surface area (Å²) in [7, 11) is 0. The lowest BCUT2D eigenvalue weighted by atomic mass is 10.1. The highest BCUT2D eigenvalue weighted by atomic mass is 79.9. The number of hydrogen-bond acceptors (Lipinski definition) is 7. The molecule has 0 bridgehead atoms. The van der Waals surface area contributed by atoms with Gasteiger partial charge in [-0.1, -0.05) is 34.1 Å². The summed E-state index contributed by atoms with van der Waals surface area (Å²) < 4.78 is 0.315. The third kappa shape index (κ3) is 4.63. The number of phenols is 1. The number of hydrogen-bond donors (Lipinski definition) is 2. The van der Waals surface area contributed by atoms with Crippen LogP contribution in [0.3, 0.4) is 0 Å². The highest BCUT2D eigenvalue weighted by Gasteiger charge is 2.36. The van der Waals surface area contributed by atoms with Crippen molar-refractivity contribution in [3.8, 4) is 5.75 Å². The molecule has 0 spiro atoms. The Labute approximate surface area is 176 Å². The maximum Gasteiger partial charge on any atom is 0.312 e. The lowest BCUT2D eigenvalue weighted by Gasteiger charge is -2.12. The minimum absolute atomic E-state index is 0.00897. The Kier molecular flexibility index (Phi) is 5.99. The lowest BCUT2D eigenvalue weighted by molar-refractivity contribution is -0.385. The van der Waals surface area contributed by atoms with Crippen molar-refractivity contribution in [2.45, 2.75) is 0 Å². The van der Waals surface area contributed by atoms with Crippen LogP contribution in [-0.2, 0) is 9.59 Å². The maximum absolute atomic E-state index is 12.5. The number of phenolic OH excluding ortho intramolecular Hbond substituents is 1. The molecule has 0 radical (unpaired) electrons. The number of carbonyl (C=O) groups is 3. The van der Waals surface area contributed by atoms with Gasteiger partial charge in [0.05, 0.1) is 9.83 Å². The molecule has 11 heteroatoms. The molecule has 9 nitrogen and oxygen atoms in total. The zero-order chi connectivity index (χ0) is 21.1. The van der Waals surface area contributed by atoms with E-state index in [4.69, 9.17) is 0 Å². The molecular formula is C18H12BrN3O6S. The SMILES string of the molecule is O=C(CN1C(=O)S/C(=C\c2cc(Br)cc([N+](=O)[O-])c2O)C1=O)Nc1ccccc1. The van der Waals surface area contributed by atoms with Crippen LogP contribution in [0.5, 0.6) is 5.75 Å². The predicted molar refractivity (Wildman–Crippen MR) is 110 cm³/mol. The van der Waals surface area contributed by atoms with Crippen molar-refractivity contribution < 1.29 is 24.4 Å². The molecule has 1 heterocycles. The minimum Gasteiger partial charge on any atom is -0.502 e. The fraction of sp³-hybridized carbons (Fsp3) is 0.0556. The molecule has 0 aromatic heterocycles. The molecule has 3 rings (SSSR count). The summed E-state index contributed by atoms with van der Waals surface area (Å²) in [5.74, 6) is -1.92. The van der Waals surface area contributed by atoms with E-state index < -0.39 is 40.0 Å². The summed E-state index contributed by atoms with van der Waals surface area (Å²) >= 11 is 3.68. The molecule has 148 valence electrons. The van der Waals surface area contributed by atoms with Crippen LogP contribution < -0.4 is 5.32 Å². The van der Waals surface area contributed by atoms with Crippen LogP contribution in [0.25, 0.3) is 6.08 Å². The topological polar surface area (TPSA) is 130 Å². The van der Waals surface area contributed by atoms with Gasteiger partial charge in [-0.05, 0) is 36.0 Å². The van der Waals surface area contributed by atoms with Crippen molar-refractivity contribution in [1.29, 1.82) is 0 Å². The van der Waals surface area contributed by atoms with Gasteiger partial charge in [-0.15, -0.1) is 0 Å². The first-order chi connectivity index (χ1) is 13.8. The molecule has 29 heavy (non-hydrogen) atoms. The first-order valence-electron chi connectivity index (χ1n) is 8.03. The molecule has 1 saturated heterocycles. The molecule has 0 saturated carbocycles. The van der Waals surface area contributed by atoms with Crippen molar-refractivity contribution in [1.82, 2.24) is 4.90 Å². The number of halogens is 1. The van der Waals surface area contributed by atoms with E-state index in [0.29, 0.717) is 21.9 Å².